The number of fused-ring (bicyclic) bond motifs is 4. The fourth-order valence-electron chi connectivity index (χ4n) is 4.83. The van der Waals surface area contributed by atoms with Crippen molar-refractivity contribution in [1.29, 1.82) is 0 Å². The van der Waals surface area contributed by atoms with Gasteiger partial charge in [-0.05, 0) is 31.2 Å². The summed E-state index contributed by atoms with van der Waals surface area (Å²) in [5.41, 5.74) is 0. The van der Waals surface area contributed by atoms with Crippen LogP contribution in [0.15, 0.2) is 4.52 Å². The van der Waals surface area contributed by atoms with E-state index in [1.165, 1.54) is 32.4 Å². The van der Waals surface area contributed by atoms with E-state index in [2.05, 4.69) is 20.3 Å². The number of hydrogen-bond donors (Lipinski definition) is 1. The molecule has 1 N–H and O–H groups in total. The monoisotopic (exact) mass is 289 g/mol. The molecule has 5 heterocycles. The van der Waals surface area contributed by atoms with E-state index in [4.69, 9.17) is 9.51 Å². The average molecular weight is 289 g/mol. The van der Waals surface area contributed by atoms with Crippen molar-refractivity contribution < 1.29 is 4.52 Å². The first-order valence-corrected chi connectivity index (χ1v) is 8.42. The van der Waals surface area contributed by atoms with E-state index in [-0.39, 0.29) is 0 Å². The van der Waals surface area contributed by atoms with Gasteiger partial charge >= 0.3 is 0 Å². The van der Waals surface area contributed by atoms with Crippen molar-refractivity contribution in [3.63, 3.8) is 0 Å². The van der Waals surface area contributed by atoms with E-state index >= 15 is 0 Å². The van der Waals surface area contributed by atoms with E-state index in [0.717, 1.165) is 43.8 Å². The van der Waals surface area contributed by atoms with Gasteiger partial charge in [-0.2, -0.15) is 4.98 Å². The standard InChI is InChI=1S/C15H23N5O/c1-2-10-8-16-13(11(10)3-1)15-17-14(18-21-15)12-9-19-4-6-20(12)7-5-19/h10-13,16H,1-9H2. The molecule has 4 aliphatic heterocycles. The van der Waals surface area contributed by atoms with Gasteiger partial charge in [0.15, 0.2) is 5.82 Å². The summed E-state index contributed by atoms with van der Waals surface area (Å²) in [6, 6.07) is 0.639. The third-order valence-electron chi connectivity index (χ3n) is 6.05. The largest absolute Gasteiger partial charge is 0.338 e. The highest BCUT2D eigenvalue weighted by molar-refractivity contribution is 5.07. The predicted molar refractivity (Wildman–Crippen MR) is 76.6 cm³/mol. The van der Waals surface area contributed by atoms with E-state index in [1.807, 2.05) is 0 Å². The summed E-state index contributed by atoms with van der Waals surface area (Å²) in [5.74, 6) is 3.27. The molecule has 1 aliphatic carbocycles. The molecule has 2 bridgehead atoms. The number of rotatable bonds is 2. The topological polar surface area (TPSA) is 57.4 Å². The summed E-state index contributed by atoms with van der Waals surface area (Å²) >= 11 is 0. The zero-order valence-electron chi connectivity index (χ0n) is 12.4. The minimum atomic E-state index is 0.301. The molecule has 0 amide bonds. The minimum absolute atomic E-state index is 0.301. The van der Waals surface area contributed by atoms with Gasteiger partial charge in [0.1, 0.15) is 0 Å². The van der Waals surface area contributed by atoms with Crippen LogP contribution in [0.2, 0.25) is 0 Å². The van der Waals surface area contributed by atoms with E-state index < -0.39 is 0 Å². The van der Waals surface area contributed by atoms with Crippen LogP contribution in [0.5, 0.6) is 0 Å². The Hall–Kier alpha value is -0.980. The molecule has 1 saturated carbocycles. The van der Waals surface area contributed by atoms with Gasteiger partial charge in [-0.25, -0.2) is 0 Å². The van der Waals surface area contributed by atoms with Gasteiger partial charge in [0.2, 0.25) is 5.89 Å². The van der Waals surface area contributed by atoms with Crippen molar-refractivity contribution in [2.24, 2.45) is 11.8 Å². The average Bonchev–Trinajstić information content (AvgIpc) is 3.24. The second kappa shape index (κ2) is 4.76. The lowest BCUT2D eigenvalue weighted by atomic mass is 9.94. The number of nitrogens with one attached hydrogen (secondary N) is 1. The summed E-state index contributed by atoms with van der Waals surface area (Å²) in [6.45, 7) is 6.84. The predicted octanol–water partition coefficient (Wildman–Crippen LogP) is 0.802. The third kappa shape index (κ3) is 1.96. The molecule has 114 valence electrons. The lowest BCUT2D eigenvalue weighted by molar-refractivity contribution is 0.00781. The molecule has 0 spiro atoms. The normalized spacial score (nSPS) is 45.1. The molecule has 6 nitrogen and oxygen atoms in total. The number of aromatic nitrogens is 2. The van der Waals surface area contributed by atoms with Gasteiger partial charge in [0, 0.05) is 32.7 Å². The van der Waals surface area contributed by atoms with Crippen LogP contribution in [0.25, 0.3) is 0 Å². The Labute approximate surface area is 124 Å². The van der Waals surface area contributed by atoms with Crippen LogP contribution in [0, 0.1) is 11.8 Å². The van der Waals surface area contributed by atoms with Crippen LogP contribution in [0.4, 0.5) is 0 Å². The number of nitrogens with zero attached hydrogens (tertiary/aromatic N) is 4. The molecule has 4 atom stereocenters. The van der Waals surface area contributed by atoms with Crippen LogP contribution in [-0.2, 0) is 0 Å². The van der Waals surface area contributed by atoms with E-state index in [9.17, 15) is 0 Å². The first-order chi connectivity index (χ1) is 10.4. The SMILES string of the molecule is C1CC2CNC(c3nc(C4CN5CCN4CC5)no3)C2C1. The summed E-state index contributed by atoms with van der Waals surface area (Å²) in [7, 11) is 0. The maximum atomic E-state index is 5.65. The second-order valence-corrected chi connectivity index (χ2v) is 7.08. The van der Waals surface area contributed by atoms with Crippen molar-refractivity contribution in [3.8, 4) is 0 Å². The maximum absolute atomic E-state index is 5.65. The second-order valence-electron chi connectivity index (χ2n) is 7.08. The van der Waals surface area contributed by atoms with Gasteiger partial charge in [-0.1, -0.05) is 11.6 Å². The quantitative estimate of drug-likeness (QED) is 0.869. The molecule has 6 heteroatoms. The van der Waals surface area contributed by atoms with Crippen molar-refractivity contribution >= 4 is 0 Å². The van der Waals surface area contributed by atoms with Crippen molar-refractivity contribution in [3.05, 3.63) is 11.7 Å². The molecule has 5 fully saturated rings. The van der Waals surface area contributed by atoms with Crippen LogP contribution in [-0.4, -0.2) is 59.2 Å². The van der Waals surface area contributed by atoms with Gasteiger partial charge in [-0.3, -0.25) is 9.80 Å². The highest BCUT2D eigenvalue weighted by Crippen LogP contribution is 2.44. The molecule has 5 aliphatic rings. The van der Waals surface area contributed by atoms with Gasteiger partial charge in [-0.15, -0.1) is 0 Å². The summed E-state index contributed by atoms with van der Waals surface area (Å²) < 4.78 is 5.65. The zero-order chi connectivity index (χ0) is 13.8. The zero-order valence-corrected chi connectivity index (χ0v) is 12.4. The van der Waals surface area contributed by atoms with Crippen molar-refractivity contribution in [2.45, 2.75) is 31.3 Å². The number of hydrogen-bond acceptors (Lipinski definition) is 6. The van der Waals surface area contributed by atoms with Crippen LogP contribution in [0.3, 0.4) is 0 Å². The third-order valence-corrected chi connectivity index (χ3v) is 6.05. The molecule has 6 rings (SSSR count). The Morgan fingerprint density at radius 1 is 1.14 bits per heavy atom. The van der Waals surface area contributed by atoms with Crippen LogP contribution < -0.4 is 5.32 Å². The van der Waals surface area contributed by atoms with Gasteiger partial charge in [0.05, 0.1) is 12.1 Å². The Balaban J connectivity index is 1.37. The van der Waals surface area contributed by atoms with E-state index in [1.54, 1.807) is 0 Å². The molecular weight excluding hydrogens is 266 g/mol. The summed E-state index contributed by atoms with van der Waals surface area (Å²) in [4.78, 5) is 9.81. The Morgan fingerprint density at radius 3 is 2.86 bits per heavy atom. The lowest BCUT2D eigenvalue weighted by Gasteiger charge is -2.46. The lowest BCUT2D eigenvalue weighted by Crippen LogP contribution is -2.57. The summed E-state index contributed by atoms with van der Waals surface area (Å²) in [6.07, 6.45) is 4.03. The number of piperazine rings is 3. The van der Waals surface area contributed by atoms with Crippen molar-refractivity contribution in [1.82, 2.24) is 25.3 Å². The van der Waals surface area contributed by atoms with Crippen LogP contribution in [0.1, 0.15) is 43.1 Å². The smallest absolute Gasteiger partial charge is 0.244 e. The first-order valence-electron chi connectivity index (χ1n) is 8.42. The summed E-state index contributed by atoms with van der Waals surface area (Å²) in [5, 5.41) is 7.93. The molecule has 1 aromatic rings. The Kier molecular flexibility index (Phi) is 2.85. The first kappa shape index (κ1) is 12.6. The highest BCUT2D eigenvalue weighted by Gasteiger charge is 2.43. The van der Waals surface area contributed by atoms with Gasteiger partial charge in [0.25, 0.3) is 0 Å². The van der Waals surface area contributed by atoms with Crippen molar-refractivity contribution in [2.75, 3.05) is 39.3 Å². The minimum Gasteiger partial charge on any atom is -0.338 e. The molecule has 4 unspecified atom stereocenters. The highest BCUT2D eigenvalue weighted by atomic mass is 16.5. The molecule has 4 saturated heterocycles. The maximum Gasteiger partial charge on any atom is 0.244 e. The van der Waals surface area contributed by atoms with E-state index in [0.29, 0.717) is 18.0 Å². The van der Waals surface area contributed by atoms with Gasteiger partial charge < -0.3 is 9.84 Å². The molecule has 1 aromatic heterocycles. The fourth-order valence-corrected chi connectivity index (χ4v) is 4.83. The Morgan fingerprint density at radius 2 is 2.05 bits per heavy atom. The van der Waals surface area contributed by atoms with Crippen LogP contribution >= 0.6 is 0 Å². The Bertz CT molecular complexity index is 507. The molecule has 0 radical (unpaired) electrons. The molecular formula is C15H23N5O. The molecule has 0 aromatic carbocycles. The molecule has 21 heavy (non-hydrogen) atoms. The fraction of sp³-hybridized carbons (Fsp3) is 0.867.